The molecule has 1 N–H and O–H groups in total. The van der Waals surface area contributed by atoms with Crippen molar-refractivity contribution in [1.82, 2.24) is 0 Å². The minimum Gasteiger partial charge on any atom is -0.393 e. The summed E-state index contributed by atoms with van der Waals surface area (Å²) in [6, 6.07) is 0. The van der Waals surface area contributed by atoms with Gasteiger partial charge in [-0.1, -0.05) is 46.3 Å². The van der Waals surface area contributed by atoms with Gasteiger partial charge in [0.25, 0.3) is 0 Å². The lowest BCUT2D eigenvalue weighted by molar-refractivity contribution is -0.0561. The fourth-order valence-corrected chi connectivity index (χ4v) is 9.02. The summed E-state index contributed by atoms with van der Waals surface area (Å²) in [7, 11) is -0.163. The summed E-state index contributed by atoms with van der Waals surface area (Å²) in [6.07, 6.45) is 14.7. The van der Waals surface area contributed by atoms with Crippen LogP contribution in [0.5, 0.6) is 0 Å². The van der Waals surface area contributed by atoms with Crippen molar-refractivity contribution < 1.29 is 14.2 Å². The molecule has 0 radical (unpaired) electrons. The first-order chi connectivity index (χ1) is 14.7. The van der Waals surface area contributed by atoms with Crippen LogP contribution in [0, 0.1) is 46.3 Å². The van der Waals surface area contributed by atoms with Gasteiger partial charge in [-0.2, -0.15) is 0 Å². The topological polar surface area (TPSA) is 46.5 Å². The van der Waals surface area contributed by atoms with Crippen LogP contribution >= 0.6 is 8.69 Å². The monoisotopic (exact) mass is 448 g/mol. The summed E-state index contributed by atoms with van der Waals surface area (Å²) < 4.78 is 16.4. The van der Waals surface area contributed by atoms with E-state index in [4.69, 9.17) is 4.52 Å². The van der Waals surface area contributed by atoms with Gasteiger partial charge in [0.15, 0.2) is 0 Å². The summed E-state index contributed by atoms with van der Waals surface area (Å²) in [4.78, 5) is 0. The number of aliphatic hydroxyl groups excluding tert-OH is 1. The molecule has 176 valence electrons. The maximum atomic E-state index is 10.9. The number of fused-ring (bicyclic) bond motifs is 5. The molecule has 0 unspecified atom stereocenters. The summed E-state index contributed by atoms with van der Waals surface area (Å²) in [6.45, 7) is 11.9. The van der Waals surface area contributed by atoms with Crippen molar-refractivity contribution >= 4 is 8.69 Å². The lowest BCUT2D eigenvalue weighted by Crippen LogP contribution is -2.50. The van der Waals surface area contributed by atoms with E-state index in [0.717, 1.165) is 42.9 Å². The van der Waals surface area contributed by atoms with Gasteiger partial charge in [0.2, 0.25) is 0 Å². The molecule has 0 aromatic carbocycles. The largest absolute Gasteiger partial charge is 0.393 e. The maximum absolute atomic E-state index is 10.9. The Bertz CT molecular complexity index is 690. The van der Waals surface area contributed by atoms with Crippen LogP contribution in [-0.2, 0) is 9.09 Å². The first-order valence-electron chi connectivity index (χ1n) is 13.1. The van der Waals surface area contributed by atoms with Crippen molar-refractivity contribution in [2.24, 2.45) is 46.3 Å². The van der Waals surface area contributed by atoms with E-state index in [1.54, 1.807) is 5.57 Å². The molecule has 4 aliphatic rings. The Balaban J connectivity index is 1.47. The quantitative estimate of drug-likeness (QED) is 0.322. The first kappa shape index (κ1) is 23.9. The third kappa shape index (κ3) is 4.22. The maximum Gasteiger partial charge on any atom is 0.327 e. The second-order valence-corrected chi connectivity index (χ2v) is 12.8. The highest BCUT2D eigenvalue weighted by Gasteiger charge is 2.59. The lowest BCUT2D eigenvalue weighted by atomic mass is 9.47. The number of hydrogen-bond acceptors (Lipinski definition) is 3. The Morgan fingerprint density at radius 1 is 1.10 bits per heavy atom. The van der Waals surface area contributed by atoms with Gasteiger partial charge in [-0.15, -0.1) is 0 Å². The van der Waals surface area contributed by atoms with Crippen molar-refractivity contribution in [2.45, 2.75) is 111 Å². The molecule has 9 atom stereocenters. The molecule has 31 heavy (non-hydrogen) atoms. The predicted molar refractivity (Wildman–Crippen MR) is 127 cm³/mol. The van der Waals surface area contributed by atoms with Gasteiger partial charge >= 0.3 is 8.69 Å². The first-order valence-corrected chi connectivity index (χ1v) is 13.8. The molecule has 4 heteroatoms. The molecule has 3 fully saturated rings. The minimum atomic E-state index is -0.163. The van der Waals surface area contributed by atoms with Gasteiger partial charge in [-0.05, 0) is 111 Å². The van der Waals surface area contributed by atoms with E-state index in [0.29, 0.717) is 22.7 Å². The molecule has 3 saturated carbocycles. The molecule has 0 aliphatic heterocycles. The van der Waals surface area contributed by atoms with Crippen molar-refractivity contribution in [3.8, 4) is 0 Å². The number of aliphatic hydroxyl groups is 1. The van der Waals surface area contributed by atoms with E-state index in [9.17, 15) is 9.67 Å². The predicted octanol–water partition coefficient (Wildman–Crippen LogP) is 7.59. The third-order valence-corrected chi connectivity index (χ3v) is 11.1. The minimum absolute atomic E-state index is 0.141. The van der Waals surface area contributed by atoms with Crippen LogP contribution in [0.3, 0.4) is 0 Å². The Hall–Kier alpha value is -0.240. The molecule has 0 aromatic heterocycles. The second-order valence-electron chi connectivity index (χ2n) is 12.4. The summed E-state index contributed by atoms with van der Waals surface area (Å²) in [5.74, 6) is 4.40. The molecule has 4 aliphatic carbocycles. The van der Waals surface area contributed by atoms with Crippen LogP contribution in [0.1, 0.15) is 98.8 Å². The van der Waals surface area contributed by atoms with Crippen LogP contribution in [0.2, 0.25) is 0 Å². The molecule has 4 rings (SSSR count). The van der Waals surface area contributed by atoms with E-state index in [2.05, 4.69) is 40.7 Å². The van der Waals surface area contributed by atoms with E-state index in [1.165, 1.54) is 44.9 Å². The molecule has 3 nitrogen and oxygen atoms in total. The number of allylic oxidation sites excluding steroid dienone is 1. The van der Waals surface area contributed by atoms with Crippen molar-refractivity contribution in [1.29, 1.82) is 0 Å². The highest BCUT2D eigenvalue weighted by molar-refractivity contribution is 7.17. The van der Waals surface area contributed by atoms with Crippen LogP contribution in [-0.4, -0.2) is 17.3 Å². The molecule has 0 heterocycles. The second kappa shape index (κ2) is 9.19. The zero-order chi connectivity index (χ0) is 22.4. The number of hydrogen-bond donors (Lipinski definition) is 1. The smallest absolute Gasteiger partial charge is 0.327 e. The summed E-state index contributed by atoms with van der Waals surface area (Å²) >= 11 is 0. The molecular weight excluding hydrogens is 403 g/mol. The fourth-order valence-electron chi connectivity index (χ4n) is 8.72. The van der Waals surface area contributed by atoms with Gasteiger partial charge in [-0.25, -0.2) is 4.57 Å². The molecule has 0 spiro atoms. The Kier molecular flexibility index (Phi) is 7.08. The van der Waals surface area contributed by atoms with Crippen molar-refractivity contribution in [3.05, 3.63) is 11.6 Å². The highest BCUT2D eigenvalue weighted by atomic mass is 31.1. The van der Waals surface area contributed by atoms with Gasteiger partial charge in [-0.3, -0.25) is 4.52 Å². The lowest BCUT2D eigenvalue weighted by Gasteiger charge is -2.58. The van der Waals surface area contributed by atoms with Crippen LogP contribution in [0.4, 0.5) is 0 Å². The zero-order valence-corrected chi connectivity index (χ0v) is 21.4. The zero-order valence-electron chi connectivity index (χ0n) is 20.5. The fraction of sp³-hybridized carbons (Fsp3) is 0.926. The van der Waals surface area contributed by atoms with Gasteiger partial charge in [0.05, 0.1) is 12.2 Å². The summed E-state index contributed by atoms with van der Waals surface area (Å²) in [5.41, 5.74) is 2.41. The van der Waals surface area contributed by atoms with E-state index in [-0.39, 0.29) is 20.9 Å². The van der Waals surface area contributed by atoms with E-state index in [1.807, 2.05) is 0 Å². The average molecular weight is 449 g/mol. The average Bonchev–Trinajstić information content (AvgIpc) is 3.09. The normalized spacial score (nSPS) is 44.4. The third-order valence-electron chi connectivity index (χ3n) is 10.7. The van der Waals surface area contributed by atoms with Crippen molar-refractivity contribution in [2.75, 3.05) is 0 Å². The highest BCUT2D eigenvalue weighted by Crippen LogP contribution is 2.67. The van der Waals surface area contributed by atoms with Crippen LogP contribution in [0.25, 0.3) is 0 Å². The van der Waals surface area contributed by atoms with Gasteiger partial charge in [0, 0.05) is 0 Å². The number of rotatable bonds is 7. The van der Waals surface area contributed by atoms with Gasteiger partial charge in [0.1, 0.15) is 0 Å². The molecule has 0 aromatic rings. The van der Waals surface area contributed by atoms with Gasteiger partial charge < -0.3 is 5.11 Å². The standard InChI is InChI=1S/C27H45O3P/c1-17(2)25(28)11-6-18(3)22-9-10-23-21-8-7-19-16-20(30-31-29)12-14-26(19,4)24(21)13-15-27(22,23)5/h7,17-18,20-25,28H,6,8-16H2,1-5H3/t18-,20+,21+,22-,23+,24+,25+,26+,27-/m1/s1. The Morgan fingerprint density at radius 2 is 1.87 bits per heavy atom. The molecule has 0 saturated heterocycles. The van der Waals surface area contributed by atoms with E-state index >= 15 is 0 Å². The SMILES string of the molecule is CC(C)[C@@H](O)CC[C@@H](C)[C@H]1CC[C@H]2[C@@H]3CC=C4C[C@@H](OP=O)CC[C@]4(C)[C@H]3CC[C@]12C. The van der Waals surface area contributed by atoms with E-state index < -0.39 is 0 Å². The Morgan fingerprint density at radius 3 is 2.58 bits per heavy atom. The molecule has 0 bridgehead atoms. The molecule has 0 amide bonds. The summed E-state index contributed by atoms with van der Waals surface area (Å²) in [5, 5.41) is 10.3. The van der Waals surface area contributed by atoms with Crippen molar-refractivity contribution in [3.63, 3.8) is 0 Å². The van der Waals surface area contributed by atoms with Crippen LogP contribution in [0.15, 0.2) is 11.6 Å². The van der Waals surface area contributed by atoms with Crippen LogP contribution < -0.4 is 0 Å². The molecular formula is C27H45O3P. The Labute approximate surface area is 192 Å².